The Morgan fingerprint density at radius 1 is 1.32 bits per heavy atom. The van der Waals surface area contributed by atoms with Gasteiger partial charge >= 0.3 is 11.9 Å². The first kappa shape index (κ1) is 31.2. The van der Waals surface area contributed by atoms with Crippen molar-refractivity contribution in [3.63, 3.8) is 0 Å². The van der Waals surface area contributed by atoms with Gasteiger partial charge < -0.3 is 36.0 Å². The molecular formula is C26H28ClN8O7S2+. The Hall–Kier alpha value is -4.19. The number of thioether (sulfide) groups is 1. The number of nitrogens with zero attached hydrogens (tertiary/aromatic N) is 5. The largest absolute Gasteiger partial charge is 0.479 e. The van der Waals surface area contributed by atoms with E-state index < -0.39 is 47.5 Å². The standard InChI is InChI=1S/C26H27ClN8O7S2/c1-29-6-3-8-33-9-5-15-14(33)4-2-7-34(15)10-13-12-43-24-19(23(39)35(24)20(13)25(40)41)30-22(38)18(32-42-11-16(36)37)17-21(27)44-26(28)31-17/h2,4-5,7,9,19,24,29H,3,6,8,10-12H2,1H3,(H4-,28,30,31,36,37,38,40,41)/p+1/b32-18-. The fourth-order valence-electron chi connectivity index (χ4n) is 5.00. The van der Waals surface area contributed by atoms with Crippen LogP contribution < -0.4 is 20.9 Å². The quantitative estimate of drug-likeness (QED) is 0.0559. The molecule has 18 heteroatoms. The summed E-state index contributed by atoms with van der Waals surface area (Å²) in [5, 5.41) is 27.6. The number of nitrogen functional groups attached to an aromatic ring is 1. The molecule has 6 N–H and O–H groups in total. The summed E-state index contributed by atoms with van der Waals surface area (Å²) in [4.78, 5) is 59.7. The van der Waals surface area contributed by atoms with Gasteiger partial charge in [-0.05, 0) is 26.1 Å². The molecule has 5 rings (SSSR count). The minimum absolute atomic E-state index is 0.00509. The van der Waals surface area contributed by atoms with Gasteiger partial charge in [0.15, 0.2) is 23.6 Å². The van der Waals surface area contributed by atoms with Crippen molar-refractivity contribution >= 4 is 80.3 Å². The van der Waals surface area contributed by atoms with Crippen molar-refractivity contribution in [3.8, 4) is 0 Å². The molecule has 2 atom stereocenters. The SMILES string of the molecule is CNCCCn1ccc2c1ccc[n+]2CC1=C(C(=O)O)N2C(=O)C(NC(=O)/C(=N\OCC(=O)O)c3nc(N)sc3Cl)C2SC1. The van der Waals surface area contributed by atoms with Crippen molar-refractivity contribution < 1.29 is 38.8 Å². The van der Waals surface area contributed by atoms with Crippen molar-refractivity contribution in [2.24, 2.45) is 5.16 Å². The van der Waals surface area contributed by atoms with Crippen LogP contribution >= 0.6 is 34.7 Å². The van der Waals surface area contributed by atoms with Gasteiger partial charge in [0.1, 0.15) is 32.7 Å². The van der Waals surface area contributed by atoms with Crippen LogP contribution in [0.4, 0.5) is 5.13 Å². The highest BCUT2D eigenvalue weighted by atomic mass is 35.5. The average molecular weight is 664 g/mol. The molecule has 2 unspecified atom stereocenters. The number of carbonyl (C=O) groups excluding carboxylic acids is 2. The summed E-state index contributed by atoms with van der Waals surface area (Å²) in [6, 6.07) is 4.80. The molecule has 1 saturated heterocycles. The highest BCUT2D eigenvalue weighted by Crippen LogP contribution is 2.40. The molecule has 0 aromatic carbocycles. The maximum absolute atomic E-state index is 13.3. The third kappa shape index (κ3) is 6.21. The molecule has 5 heterocycles. The Kier molecular flexibility index (Phi) is 9.38. The van der Waals surface area contributed by atoms with Crippen LogP contribution in [0.2, 0.25) is 4.34 Å². The van der Waals surface area contributed by atoms with Gasteiger partial charge in [-0.15, -0.1) is 11.8 Å². The Morgan fingerprint density at radius 2 is 2.11 bits per heavy atom. The van der Waals surface area contributed by atoms with Gasteiger partial charge in [0, 0.05) is 36.2 Å². The normalized spacial score (nSPS) is 18.3. The number of fused-ring (bicyclic) bond motifs is 2. The second-order valence-electron chi connectivity index (χ2n) is 9.77. The number of pyridine rings is 1. The number of carboxylic acids is 2. The van der Waals surface area contributed by atoms with E-state index in [1.54, 1.807) is 0 Å². The lowest BCUT2D eigenvalue weighted by Crippen LogP contribution is -2.71. The first-order valence-corrected chi connectivity index (χ1v) is 15.5. The van der Waals surface area contributed by atoms with E-state index in [1.807, 2.05) is 42.2 Å². The Bertz CT molecular complexity index is 1700. The number of nitrogens with two attached hydrogens (primary N) is 1. The number of halogens is 1. The van der Waals surface area contributed by atoms with E-state index in [0.717, 1.165) is 41.9 Å². The minimum Gasteiger partial charge on any atom is -0.479 e. The van der Waals surface area contributed by atoms with Gasteiger partial charge in [-0.3, -0.25) is 14.5 Å². The van der Waals surface area contributed by atoms with Crippen molar-refractivity contribution in [3.05, 3.63) is 51.9 Å². The zero-order valence-corrected chi connectivity index (χ0v) is 25.6. The van der Waals surface area contributed by atoms with Gasteiger partial charge in [-0.2, -0.15) is 4.57 Å². The zero-order valence-electron chi connectivity index (χ0n) is 23.2. The van der Waals surface area contributed by atoms with Crippen LogP contribution in [0.1, 0.15) is 12.1 Å². The Labute approximate surface area is 263 Å². The van der Waals surface area contributed by atoms with Gasteiger partial charge in [-0.25, -0.2) is 14.6 Å². The number of nitrogens with one attached hydrogen (secondary N) is 2. The maximum Gasteiger partial charge on any atom is 0.352 e. The lowest BCUT2D eigenvalue weighted by Gasteiger charge is -2.49. The number of carboxylic acid groups (broad SMARTS) is 2. The fraction of sp³-hybridized carbons (Fsp3) is 0.346. The summed E-state index contributed by atoms with van der Waals surface area (Å²) in [5.41, 5.74) is 7.42. The average Bonchev–Trinajstić information content (AvgIpc) is 3.55. The third-order valence-corrected chi connectivity index (χ3v) is 9.35. The van der Waals surface area contributed by atoms with Gasteiger partial charge in [-0.1, -0.05) is 28.1 Å². The molecular weight excluding hydrogens is 636 g/mol. The van der Waals surface area contributed by atoms with Gasteiger partial charge in [0.2, 0.25) is 12.1 Å². The second kappa shape index (κ2) is 13.2. The molecule has 2 amide bonds. The van der Waals surface area contributed by atoms with E-state index in [4.69, 9.17) is 27.3 Å². The van der Waals surface area contributed by atoms with Crippen molar-refractivity contribution in [2.75, 3.05) is 31.7 Å². The summed E-state index contributed by atoms with van der Waals surface area (Å²) < 4.78 is 4.10. The highest BCUT2D eigenvalue weighted by molar-refractivity contribution is 8.00. The number of hydrogen-bond acceptors (Lipinski definition) is 11. The zero-order chi connectivity index (χ0) is 31.5. The molecule has 232 valence electrons. The Morgan fingerprint density at radius 3 is 2.80 bits per heavy atom. The van der Waals surface area contributed by atoms with Crippen molar-refractivity contribution in [1.29, 1.82) is 0 Å². The first-order valence-electron chi connectivity index (χ1n) is 13.3. The van der Waals surface area contributed by atoms with Gasteiger partial charge in [0.05, 0.1) is 0 Å². The number of thiazole rings is 1. The summed E-state index contributed by atoms with van der Waals surface area (Å²) >= 11 is 8.32. The summed E-state index contributed by atoms with van der Waals surface area (Å²) in [6.07, 6.45) is 4.82. The lowest BCUT2D eigenvalue weighted by molar-refractivity contribution is -0.663. The van der Waals surface area contributed by atoms with Crippen LogP contribution in [0.5, 0.6) is 0 Å². The number of amides is 2. The predicted molar refractivity (Wildman–Crippen MR) is 162 cm³/mol. The minimum atomic E-state index is -1.33. The van der Waals surface area contributed by atoms with Gasteiger partial charge in [0.25, 0.3) is 11.8 Å². The topological polar surface area (TPSA) is 205 Å². The molecule has 2 aliphatic rings. The number of aromatic nitrogens is 3. The number of aryl methyl sites for hydroxylation is 1. The van der Waals surface area contributed by atoms with E-state index in [9.17, 15) is 24.3 Å². The van der Waals surface area contributed by atoms with Crippen molar-refractivity contribution in [1.82, 2.24) is 25.1 Å². The molecule has 0 radical (unpaired) electrons. The molecule has 0 spiro atoms. The molecule has 3 aromatic rings. The summed E-state index contributed by atoms with van der Waals surface area (Å²) in [6.45, 7) is 1.11. The van der Waals surface area contributed by atoms with Crippen LogP contribution in [0.3, 0.4) is 0 Å². The number of β-lactam (4-membered cyclic amide) rings is 1. The van der Waals surface area contributed by atoms with Crippen LogP contribution in [0.25, 0.3) is 11.0 Å². The van der Waals surface area contributed by atoms with Crippen LogP contribution in [-0.2, 0) is 37.1 Å². The second-order valence-corrected chi connectivity index (χ2v) is 12.5. The Balaban J connectivity index is 1.36. The van der Waals surface area contributed by atoms with E-state index in [-0.39, 0.29) is 27.4 Å². The molecule has 44 heavy (non-hydrogen) atoms. The smallest absolute Gasteiger partial charge is 0.352 e. The molecule has 2 aliphatic heterocycles. The number of anilines is 1. The number of rotatable bonds is 13. The molecule has 3 aromatic heterocycles. The molecule has 0 bridgehead atoms. The van der Waals surface area contributed by atoms with E-state index in [1.165, 1.54) is 16.7 Å². The lowest BCUT2D eigenvalue weighted by atomic mass is 10.0. The number of hydrogen-bond donors (Lipinski definition) is 5. The van der Waals surface area contributed by atoms with E-state index in [0.29, 0.717) is 11.3 Å². The van der Waals surface area contributed by atoms with Crippen LogP contribution in [0, 0.1) is 0 Å². The van der Waals surface area contributed by atoms with Crippen LogP contribution in [-0.4, -0.2) is 91.5 Å². The molecule has 0 saturated carbocycles. The van der Waals surface area contributed by atoms with E-state index in [2.05, 4.69) is 25.3 Å². The monoisotopic (exact) mass is 663 g/mol. The number of carbonyl (C=O) groups is 4. The predicted octanol–water partition coefficient (Wildman–Crippen LogP) is 0.475. The summed E-state index contributed by atoms with van der Waals surface area (Å²) in [5.74, 6) is -3.84. The molecule has 1 fully saturated rings. The van der Waals surface area contributed by atoms with Crippen LogP contribution in [0.15, 0.2) is 47.0 Å². The summed E-state index contributed by atoms with van der Waals surface area (Å²) in [7, 11) is 1.90. The molecule has 15 nitrogen and oxygen atoms in total. The van der Waals surface area contributed by atoms with Crippen molar-refractivity contribution in [2.45, 2.75) is 30.9 Å². The fourth-order valence-corrected chi connectivity index (χ4v) is 7.27. The maximum atomic E-state index is 13.3. The molecule has 0 aliphatic carbocycles. The number of aliphatic carboxylic acids is 2. The van der Waals surface area contributed by atoms with E-state index >= 15 is 0 Å². The first-order chi connectivity index (χ1) is 21.1. The highest BCUT2D eigenvalue weighted by Gasteiger charge is 2.55. The number of oxime groups is 1. The third-order valence-electron chi connectivity index (χ3n) is 6.92.